The summed E-state index contributed by atoms with van der Waals surface area (Å²) < 4.78 is 0. The van der Waals surface area contributed by atoms with E-state index in [0.29, 0.717) is 26.2 Å². The van der Waals surface area contributed by atoms with Gasteiger partial charge in [0, 0.05) is 55.5 Å². The van der Waals surface area contributed by atoms with Crippen molar-refractivity contribution in [2.75, 3.05) is 44.2 Å². The van der Waals surface area contributed by atoms with E-state index in [-0.39, 0.29) is 17.7 Å². The number of halogens is 1. The second-order valence-corrected chi connectivity index (χ2v) is 9.35. The summed E-state index contributed by atoms with van der Waals surface area (Å²) in [5.74, 6) is 0.0710. The molecule has 2 aliphatic rings. The summed E-state index contributed by atoms with van der Waals surface area (Å²) in [6, 6.07) is 21.7. The number of anilines is 1. The molecule has 1 atom stereocenters. The van der Waals surface area contributed by atoms with Crippen molar-refractivity contribution in [3.63, 3.8) is 0 Å². The van der Waals surface area contributed by atoms with Crippen molar-refractivity contribution in [3.05, 3.63) is 77.3 Å². The van der Waals surface area contributed by atoms with Crippen molar-refractivity contribution in [2.45, 2.75) is 12.8 Å². The van der Waals surface area contributed by atoms with Gasteiger partial charge in [0.25, 0.3) is 5.91 Å². The molecule has 2 fully saturated rings. The highest BCUT2D eigenvalue weighted by molar-refractivity contribution is 6.30. The number of carbonyl (C=O) groups is 2. The Morgan fingerprint density at radius 1 is 0.818 bits per heavy atom. The number of benzene rings is 3. The summed E-state index contributed by atoms with van der Waals surface area (Å²) in [6.07, 6.45) is 1.70. The third-order valence-corrected chi connectivity index (χ3v) is 7.08. The van der Waals surface area contributed by atoms with Crippen molar-refractivity contribution in [3.8, 4) is 0 Å². The molecule has 5 nitrogen and oxygen atoms in total. The van der Waals surface area contributed by atoms with Gasteiger partial charge in [-0.2, -0.15) is 0 Å². The van der Waals surface area contributed by atoms with Crippen molar-refractivity contribution in [2.24, 2.45) is 5.92 Å². The van der Waals surface area contributed by atoms with E-state index in [9.17, 15) is 9.59 Å². The van der Waals surface area contributed by atoms with E-state index < -0.39 is 0 Å². The highest BCUT2D eigenvalue weighted by Gasteiger charge is 2.33. The molecule has 0 N–H and O–H groups in total. The maximum absolute atomic E-state index is 13.4. The third kappa shape index (κ3) is 4.55. The Bertz CT molecular complexity index is 1170. The number of carbonyl (C=O) groups excluding carboxylic acids is 2. The largest absolute Gasteiger partial charge is 0.368 e. The lowest BCUT2D eigenvalue weighted by Gasteiger charge is -2.39. The number of piperazine rings is 1. The molecule has 0 spiro atoms. The number of fused-ring (bicyclic) bond motifs is 1. The van der Waals surface area contributed by atoms with E-state index in [1.165, 1.54) is 0 Å². The lowest BCUT2D eigenvalue weighted by atomic mass is 9.95. The monoisotopic (exact) mass is 461 g/mol. The summed E-state index contributed by atoms with van der Waals surface area (Å²) in [7, 11) is 0. The Labute approximate surface area is 199 Å². The van der Waals surface area contributed by atoms with Crippen LogP contribution in [-0.2, 0) is 4.79 Å². The summed E-state index contributed by atoms with van der Waals surface area (Å²) in [5.41, 5.74) is 1.82. The fraction of sp³-hybridized carbons (Fsp3) is 0.333. The first-order valence-electron chi connectivity index (χ1n) is 11.7. The molecular weight excluding hydrogens is 434 g/mol. The van der Waals surface area contributed by atoms with Crippen molar-refractivity contribution < 1.29 is 9.59 Å². The van der Waals surface area contributed by atoms with E-state index in [1.807, 2.05) is 70.5 Å². The molecule has 0 bridgehead atoms. The fourth-order valence-corrected chi connectivity index (χ4v) is 5.25. The molecule has 2 aliphatic heterocycles. The van der Waals surface area contributed by atoms with E-state index in [0.717, 1.165) is 53.0 Å². The number of piperidine rings is 1. The van der Waals surface area contributed by atoms with Gasteiger partial charge >= 0.3 is 0 Å². The zero-order chi connectivity index (χ0) is 22.8. The van der Waals surface area contributed by atoms with Crippen LogP contribution < -0.4 is 4.90 Å². The van der Waals surface area contributed by atoms with Crippen molar-refractivity contribution in [1.29, 1.82) is 0 Å². The summed E-state index contributed by atoms with van der Waals surface area (Å²) >= 11 is 6.14. The SMILES string of the molecule is O=C(c1cccc2ccccc12)N1CCCC(C(=O)N2CCN(c3cccc(Cl)c3)CC2)C1. The van der Waals surface area contributed by atoms with Crippen LogP contribution in [0.4, 0.5) is 5.69 Å². The van der Waals surface area contributed by atoms with Crippen LogP contribution in [-0.4, -0.2) is 60.9 Å². The molecule has 170 valence electrons. The highest BCUT2D eigenvalue weighted by atomic mass is 35.5. The average molecular weight is 462 g/mol. The predicted octanol–water partition coefficient (Wildman–Crippen LogP) is 4.69. The number of nitrogens with zero attached hydrogens (tertiary/aromatic N) is 3. The minimum absolute atomic E-state index is 0.0232. The van der Waals surface area contributed by atoms with Gasteiger partial charge in [0.15, 0.2) is 0 Å². The van der Waals surface area contributed by atoms with Gasteiger partial charge in [-0.05, 0) is 47.9 Å². The first-order valence-corrected chi connectivity index (χ1v) is 12.0. The van der Waals surface area contributed by atoms with Crippen LogP contribution in [0.25, 0.3) is 10.8 Å². The molecule has 2 amide bonds. The zero-order valence-corrected chi connectivity index (χ0v) is 19.4. The number of hydrogen-bond donors (Lipinski definition) is 0. The quantitative estimate of drug-likeness (QED) is 0.568. The molecule has 3 aromatic rings. The summed E-state index contributed by atoms with van der Waals surface area (Å²) in [5, 5.41) is 2.75. The average Bonchev–Trinajstić information content (AvgIpc) is 2.87. The molecule has 0 aromatic heterocycles. The standard InChI is InChI=1S/C27H28ClN3O2/c28-22-9-4-10-23(18-22)29-14-16-30(17-15-29)26(32)21-8-5-13-31(19-21)27(33)25-12-3-7-20-6-1-2-11-24(20)25/h1-4,6-7,9-12,18,21H,5,8,13-17,19H2. The second-order valence-electron chi connectivity index (χ2n) is 8.91. The van der Waals surface area contributed by atoms with Gasteiger partial charge in [-0.1, -0.05) is 54.1 Å². The zero-order valence-electron chi connectivity index (χ0n) is 18.6. The third-order valence-electron chi connectivity index (χ3n) is 6.84. The second kappa shape index (κ2) is 9.44. The molecule has 0 aliphatic carbocycles. The minimum Gasteiger partial charge on any atom is -0.368 e. The maximum Gasteiger partial charge on any atom is 0.254 e. The Morgan fingerprint density at radius 3 is 2.39 bits per heavy atom. The minimum atomic E-state index is -0.129. The Hall–Kier alpha value is -3.05. The van der Waals surface area contributed by atoms with Gasteiger partial charge in [0.2, 0.25) is 5.91 Å². The molecule has 2 saturated heterocycles. The Morgan fingerprint density at radius 2 is 1.58 bits per heavy atom. The molecule has 3 aromatic carbocycles. The smallest absolute Gasteiger partial charge is 0.254 e. The number of rotatable bonds is 3. The van der Waals surface area contributed by atoms with Crippen LogP contribution in [0.15, 0.2) is 66.7 Å². The summed E-state index contributed by atoms with van der Waals surface area (Å²) in [6.45, 7) is 4.16. The molecule has 5 rings (SSSR count). The molecule has 1 unspecified atom stereocenters. The van der Waals surface area contributed by atoms with Crippen LogP contribution in [0, 0.1) is 5.92 Å². The lowest BCUT2D eigenvalue weighted by Crippen LogP contribution is -2.53. The van der Waals surface area contributed by atoms with Crippen LogP contribution >= 0.6 is 11.6 Å². The predicted molar refractivity (Wildman–Crippen MR) is 133 cm³/mol. The lowest BCUT2D eigenvalue weighted by molar-refractivity contribution is -0.137. The van der Waals surface area contributed by atoms with E-state index in [1.54, 1.807) is 0 Å². The molecule has 6 heteroatoms. The van der Waals surface area contributed by atoms with Gasteiger partial charge in [0.05, 0.1) is 5.92 Å². The van der Waals surface area contributed by atoms with Gasteiger partial charge < -0.3 is 14.7 Å². The normalized spacial score (nSPS) is 19.1. The Balaban J connectivity index is 1.23. The van der Waals surface area contributed by atoms with Crippen LogP contribution in [0.1, 0.15) is 23.2 Å². The number of hydrogen-bond acceptors (Lipinski definition) is 3. The van der Waals surface area contributed by atoms with Gasteiger partial charge in [-0.15, -0.1) is 0 Å². The van der Waals surface area contributed by atoms with E-state index in [4.69, 9.17) is 11.6 Å². The van der Waals surface area contributed by atoms with Gasteiger partial charge in [0.1, 0.15) is 0 Å². The van der Waals surface area contributed by atoms with Crippen LogP contribution in [0.5, 0.6) is 0 Å². The number of likely N-dealkylation sites (tertiary alicyclic amines) is 1. The first-order chi connectivity index (χ1) is 16.1. The molecule has 33 heavy (non-hydrogen) atoms. The molecule has 2 heterocycles. The summed E-state index contributed by atoms with van der Waals surface area (Å²) in [4.78, 5) is 32.8. The van der Waals surface area contributed by atoms with Gasteiger partial charge in [-0.3, -0.25) is 9.59 Å². The van der Waals surface area contributed by atoms with Crippen molar-refractivity contribution >= 4 is 39.9 Å². The van der Waals surface area contributed by atoms with Crippen LogP contribution in [0.2, 0.25) is 5.02 Å². The number of amides is 2. The van der Waals surface area contributed by atoms with E-state index in [2.05, 4.69) is 11.0 Å². The molecule has 0 radical (unpaired) electrons. The Kier molecular flexibility index (Phi) is 6.23. The molecule has 0 saturated carbocycles. The van der Waals surface area contributed by atoms with E-state index >= 15 is 0 Å². The first kappa shape index (κ1) is 21.8. The maximum atomic E-state index is 13.4. The highest BCUT2D eigenvalue weighted by Crippen LogP contribution is 2.26. The van der Waals surface area contributed by atoms with Crippen molar-refractivity contribution in [1.82, 2.24) is 9.80 Å². The molecular formula is C27H28ClN3O2. The van der Waals surface area contributed by atoms with Crippen LogP contribution in [0.3, 0.4) is 0 Å². The van der Waals surface area contributed by atoms with Gasteiger partial charge in [-0.25, -0.2) is 0 Å². The fourth-order valence-electron chi connectivity index (χ4n) is 5.06. The topological polar surface area (TPSA) is 43.9 Å².